The van der Waals surface area contributed by atoms with E-state index in [1.807, 2.05) is 60.7 Å². The molecule has 0 saturated carbocycles. The molecule has 0 aromatic heterocycles. The first kappa shape index (κ1) is 21.4. The summed E-state index contributed by atoms with van der Waals surface area (Å²) in [5.41, 5.74) is 1.85. The van der Waals surface area contributed by atoms with Crippen LogP contribution in [0.15, 0.2) is 60.7 Å². The lowest BCUT2D eigenvalue weighted by molar-refractivity contribution is -0.123. The summed E-state index contributed by atoms with van der Waals surface area (Å²) < 4.78 is 10.3. The number of hydrogen-bond donors (Lipinski definition) is 2. The van der Waals surface area contributed by atoms with E-state index in [0.29, 0.717) is 19.6 Å². The molecule has 0 fully saturated rings. The van der Waals surface area contributed by atoms with E-state index in [-0.39, 0.29) is 12.5 Å². The zero-order valence-corrected chi connectivity index (χ0v) is 16.2. The molecule has 150 valence electrons. The van der Waals surface area contributed by atoms with Crippen molar-refractivity contribution in [2.24, 2.45) is 0 Å². The van der Waals surface area contributed by atoms with Gasteiger partial charge in [-0.15, -0.1) is 0 Å². The van der Waals surface area contributed by atoms with Gasteiger partial charge >= 0.3 is 6.09 Å². The van der Waals surface area contributed by atoms with Crippen LogP contribution in [0.1, 0.15) is 24.0 Å². The number of amides is 2. The van der Waals surface area contributed by atoms with E-state index >= 15 is 0 Å². The highest BCUT2D eigenvalue weighted by Crippen LogP contribution is 2.05. The second-order valence-electron chi connectivity index (χ2n) is 6.44. The van der Waals surface area contributed by atoms with E-state index in [9.17, 15) is 9.59 Å². The summed E-state index contributed by atoms with van der Waals surface area (Å²) in [7, 11) is 1.65. The molecule has 6 nitrogen and oxygen atoms in total. The smallest absolute Gasteiger partial charge is 0.408 e. The van der Waals surface area contributed by atoms with Crippen LogP contribution in [0.3, 0.4) is 0 Å². The Bertz CT molecular complexity index is 707. The lowest BCUT2D eigenvalue weighted by Gasteiger charge is -2.18. The molecule has 6 heteroatoms. The lowest BCUT2D eigenvalue weighted by atomic mass is 10.1. The van der Waals surface area contributed by atoms with Crippen molar-refractivity contribution < 1.29 is 19.1 Å². The first-order chi connectivity index (χ1) is 13.7. The number of unbranched alkanes of at least 4 members (excludes halogenated alkanes) is 1. The van der Waals surface area contributed by atoms with Gasteiger partial charge < -0.3 is 20.1 Å². The molecular formula is C22H28N2O4. The van der Waals surface area contributed by atoms with E-state index in [1.54, 1.807) is 7.11 Å². The van der Waals surface area contributed by atoms with Crippen molar-refractivity contribution in [2.75, 3.05) is 20.3 Å². The Morgan fingerprint density at radius 2 is 1.57 bits per heavy atom. The predicted molar refractivity (Wildman–Crippen MR) is 108 cm³/mol. The van der Waals surface area contributed by atoms with Crippen molar-refractivity contribution in [3.05, 3.63) is 71.8 Å². The number of nitrogens with one attached hydrogen (secondary N) is 2. The average Bonchev–Trinajstić information content (AvgIpc) is 2.73. The Morgan fingerprint density at radius 1 is 0.929 bits per heavy atom. The van der Waals surface area contributed by atoms with Gasteiger partial charge in [0.05, 0.1) is 0 Å². The standard InChI is InChI=1S/C22H28N2O4/c1-27-15-9-8-14-23-21(25)20(16-18-10-4-2-5-11-18)24-22(26)28-17-19-12-6-3-7-13-19/h2-7,10-13,20H,8-9,14-17H2,1H3,(H,23,25)(H,24,26). The van der Waals surface area contributed by atoms with E-state index < -0.39 is 12.1 Å². The fourth-order valence-corrected chi connectivity index (χ4v) is 2.67. The minimum absolute atomic E-state index is 0.156. The Kier molecular flexibility index (Phi) is 9.58. The highest BCUT2D eigenvalue weighted by Gasteiger charge is 2.21. The van der Waals surface area contributed by atoms with Gasteiger partial charge in [0.1, 0.15) is 12.6 Å². The maximum Gasteiger partial charge on any atom is 0.408 e. The summed E-state index contributed by atoms with van der Waals surface area (Å²) >= 11 is 0. The second kappa shape index (κ2) is 12.5. The molecule has 1 unspecified atom stereocenters. The molecule has 0 aliphatic rings. The van der Waals surface area contributed by atoms with Crippen LogP contribution in [0.25, 0.3) is 0 Å². The number of benzene rings is 2. The summed E-state index contributed by atoms with van der Waals surface area (Å²) in [6.07, 6.45) is 1.47. The maximum atomic E-state index is 12.6. The third kappa shape index (κ3) is 8.22. The van der Waals surface area contributed by atoms with Crippen molar-refractivity contribution in [3.63, 3.8) is 0 Å². The molecule has 0 aliphatic heterocycles. The minimum Gasteiger partial charge on any atom is -0.445 e. The zero-order valence-electron chi connectivity index (χ0n) is 16.2. The number of alkyl carbamates (subject to hydrolysis) is 1. The monoisotopic (exact) mass is 384 g/mol. The molecule has 0 bridgehead atoms. The van der Waals surface area contributed by atoms with E-state index in [0.717, 1.165) is 24.0 Å². The van der Waals surface area contributed by atoms with Crippen molar-refractivity contribution in [3.8, 4) is 0 Å². The molecule has 2 aromatic rings. The summed E-state index contributed by atoms with van der Waals surface area (Å²) in [5, 5.41) is 5.57. The van der Waals surface area contributed by atoms with E-state index in [4.69, 9.17) is 9.47 Å². The first-order valence-corrected chi connectivity index (χ1v) is 9.47. The van der Waals surface area contributed by atoms with Gasteiger partial charge in [0, 0.05) is 26.7 Å². The van der Waals surface area contributed by atoms with Gasteiger partial charge in [-0.2, -0.15) is 0 Å². The average molecular weight is 384 g/mol. The molecule has 0 aliphatic carbocycles. The van der Waals surface area contributed by atoms with Crippen LogP contribution in [0.5, 0.6) is 0 Å². The number of carbonyl (C=O) groups is 2. The van der Waals surface area contributed by atoms with Crippen LogP contribution < -0.4 is 10.6 Å². The summed E-state index contributed by atoms with van der Waals surface area (Å²) in [5.74, 6) is -0.224. The van der Waals surface area contributed by atoms with Gasteiger partial charge in [-0.1, -0.05) is 60.7 Å². The second-order valence-corrected chi connectivity index (χ2v) is 6.44. The van der Waals surface area contributed by atoms with Gasteiger partial charge in [0.2, 0.25) is 5.91 Å². The fraction of sp³-hybridized carbons (Fsp3) is 0.364. The van der Waals surface area contributed by atoms with Gasteiger partial charge in [0.25, 0.3) is 0 Å². The van der Waals surface area contributed by atoms with Gasteiger partial charge in [-0.25, -0.2) is 4.79 Å². The van der Waals surface area contributed by atoms with Crippen LogP contribution in [0.2, 0.25) is 0 Å². The van der Waals surface area contributed by atoms with Crippen molar-refractivity contribution in [2.45, 2.75) is 31.9 Å². The van der Waals surface area contributed by atoms with Crippen LogP contribution in [0.4, 0.5) is 4.79 Å². The molecule has 2 N–H and O–H groups in total. The fourth-order valence-electron chi connectivity index (χ4n) is 2.67. The highest BCUT2D eigenvalue weighted by molar-refractivity contribution is 5.85. The molecule has 2 rings (SSSR count). The molecule has 2 aromatic carbocycles. The number of methoxy groups -OCH3 is 1. The quantitative estimate of drug-likeness (QED) is 0.584. The van der Waals surface area contributed by atoms with Crippen LogP contribution in [0, 0.1) is 0 Å². The molecular weight excluding hydrogens is 356 g/mol. The van der Waals surface area contributed by atoms with Crippen molar-refractivity contribution in [1.29, 1.82) is 0 Å². The van der Waals surface area contributed by atoms with Gasteiger partial charge in [-0.05, 0) is 24.0 Å². The maximum absolute atomic E-state index is 12.6. The normalized spacial score (nSPS) is 11.5. The van der Waals surface area contributed by atoms with E-state index in [1.165, 1.54) is 0 Å². The van der Waals surface area contributed by atoms with Crippen molar-refractivity contribution >= 4 is 12.0 Å². The number of carbonyl (C=O) groups excluding carboxylic acids is 2. The van der Waals surface area contributed by atoms with E-state index in [2.05, 4.69) is 10.6 Å². The topological polar surface area (TPSA) is 76.7 Å². The number of rotatable bonds is 11. The molecule has 2 amide bonds. The third-order valence-electron chi connectivity index (χ3n) is 4.18. The first-order valence-electron chi connectivity index (χ1n) is 9.47. The molecule has 28 heavy (non-hydrogen) atoms. The summed E-state index contributed by atoms with van der Waals surface area (Å²) in [4.78, 5) is 24.8. The minimum atomic E-state index is -0.701. The van der Waals surface area contributed by atoms with Gasteiger partial charge in [-0.3, -0.25) is 4.79 Å². The van der Waals surface area contributed by atoms with Crippen LogP contribution >= 0.6 is 0 Å². The number of hydrogen-bond acceptors (Lipinski definition) is 4. The Balaban J connectivity index is 1.89. The highest BCUT2D eigenvalue weighted by atomic mass is 16.5. The Morgan fingerprint density at radius 3 is 2.21 bits per heavy atom. The summed E-state index contributed by atoms with van der Waals surface area (Å²) in [6, 6.07) is 18.3. The largest absolute Gasteiger partial charge is 0.445 e. The van der Waals surface area contributed by atoms with Crippen LogP contribution in [-0.2, 0) is 27.3 Å². The predicted octanol–water partition coefficient (Wildman–Crippen LogP) is 3.07. The molecule has 0 heterocycles. The third-order valence-corrected chi connectivity index (χ3v) is 4.18. The zero-order chi connectivity index (χ0) is 20.0. The Hall–Kier alpha value is -2.86. The SMILES string of the molecule is COCCCCNC(=O)C(Cc1ccccc1)NC(=O)OCc1ccccc1. The number of ether oxygens (including phenoxy) is 2. The molecule has 1 atom stereocenters. The van der Waals surface area contributed by atoms with Gasteiger partial charge in [0.15, 0.2) is 0 Å². The molecule has 0 radical (unpaired) electrons. The van der Waals surface area contributed by atoms with Crippen molar-refractivity contribution in [1.82, 2.24) is 10.6 Å². The van der Waals surface area contributed by atoms with Crippen LogP contribution in [-0.4, -0.2) is 38.3 Å². The Labute approximate surface area is 166 Å². The lowest BCUT2D eigenvalue weighted by Crippen LogP contribution is -2.48. The summed E-state index contributed by atoms with van der Waals surface area (Å²) in [6.45, 7) is 1.35. The molecule has 0 saturated heterocycles. The molecule has 0 spiro atoms.